The fourth-order valence-electron chi connectivity index (χ4n) is 3.89. The summed E-state index contributed by atoms with van der Waals surface area (Å²) in [5.41, 5.74) is -0.182. The largest absolute Gasteiger partial charge is 0.385 e. The van der Waals surface area contributed by atoms with Gasteiger partial charge < -0.3 is 9.47 Å². The molecule has 2 heterocycles. The Hall–Kier alpha value is -0.660. The Morgan fingerprint density at radius 2 is 2.12 bits per heavy atom. The summed E-state index contributed by atoms with van der Waals surface area (Å²) in [4.78, 5) is 0.259. The molecule has 1 aromatic carbocycles. The van der Waals surface area contributed by atoms with Gasteiger partial charge in [0.05, 0.1) is 10.5 Å². The van der Waals surface area contributed by atoms with Crippen LogP contribution in [0, 0.1) is 5.92 Å². The Balaban J connectivity index is 1.70. The van der Waals surface area contributed by atoms with Crippen LogP contribution >= 0.6 is 11.6 Å². The molecule has 1 spiro atoms. The minimum atomic E-state index is -3.50. The molecule has 1 atom stereocenters. The average molecular weight is 374 g/mol. The van der Waals surface area contributed by atoms with E-state index < -0.39 is 10.0 Å². The standard InChI is InChI=1S/C17H24ClNO4S/c1-22-11-5-14-6-12-23-17(14)7-9-19(10-8-17)24(20,21)16-4-2-3-15(18)13-16/h2-4,13-14H,5-12H2,1H3/t14-/m1/s1. The molecule has 0 N–H and O–H groups in total. The molecule has 7 heteroatoms. The van der Waals surface area contributed by atoms with E-state index in [0.29, 0.717) is 24.0 Å². The Kier molecular flexibility index (Phi) is 5.52. The van der Waals surface area contributed by atoms with Crippen LogP contribution in [0.2, 0.25) is 5.02 Å². The number of hydrogen-bond donors (Lipinski definition) is 0. The molecular formula is C17H24ClNO4S. The first-order valence-electron chi connectivity index (χ1n) is 8.36. The number of methoxy groups -OCH3 is 1. The van der Waals surface area contributed by atoms with Gasteiger partial charge in [0.25, 0.3) is 0 Å². The molecule has 2 fully saturated rings. The van der Waals surface area contributed by atoms with Crippen LogP contribution in [0.15, 0.2) is 29.2 Å². The molecule has 0 radical (unpaired) electrons. The molecule has 0 bridgehead atoms. The topological polar surface area (TPSA) is 55.8 Å². The van der Waals surface area contributed by atoms with E-state index in [1.54, 1.807) is 29.6 Å². The first-order chi connectivity index (χ1) is 11.5. The summed E-state index contributed by atoms with van der Waals surface area (Å²) in [5.74, 6) is 0.452. The quantitative estimate of drug-likeness (QED) is 0.796. The minimum Gasteiger partial charge on any atom is -0.385 e. The zero-order valence-corrected chi connectivity index (χ0v) is 15.5. The summed E-state index contributed by atoms with van der Waals surface area (Å²) in [6.45, 7) is 2.45. The number of piperidine rings is 1. The summed E-state index contributed by atoms with van der Waals surface area (Å²) >= 11 is 5.94. The zero-order chi connectivity index (χ0) is 17.2. The predicted octanol–water partition coefficient (Wildman–Crippen LogP) is 2.94. The highest BCUT2D eigenvalue weighted by Gasteiger charge is 2.47. The maximum Gasteiger partial charge on any atom is 0.243 e. The Bertz CT molecular complexity index is 671. The monoisotopic (exact) mass is 373 g/mol. The maximum absolute atomic E-state index is 12.8. The second kappa shape index (κ2) is 7.30. The van der Waals surface area contributed by atoms with E-state index in [9.17, 15) is 8.42 Å². The lowest BCUT2D eigenvalue weighted by Gasteiger charge is -2.41. The molecule has 0 saturated carbocycles. The number of nitrogens with zero attached hydrogens (tertiary/aromatic N) is 1. The Morgan fingerprint density at radius 3 is 2.79 bits per heavy atom. The van der Waals surface area contributed by atoms with Crippen LogP contribution in [0.25, 0.3) is 0 Å². The molecule has 0 aromatic heterocycles. The minimum absolute atomic E-state index is 0.182. The van der Waals surface area contributed by atoms with E-state index in [0.717, 1.165) is 38.9 Å². The van der Waals surface area contributed by atoms with Crippen molar-refractivity contribution >= 4 is 21.6 Å². The van der Waals surface area contributed by atoms with E-state index in [1.807, 2.05) is 0 Å². The highest BCUT2D eigenvalue weighted by molar-refractivity contribution is 7.89. The molecule has 0 unspecified atom stereocenters. The van der Waals surface area contributed by atoms with Crippen molar-refractivity contribution in [3.8, 4) is 0 Å². The summed E-state index contributed by atoms with van der Waals surface area (Å²) in [6, 6.07) is 6.45. The number of ether oxygens (including phenoxy) is 2. The third-order valence-corrected chi connectivity index (χ3v) is 7.40. The van der Waals surface area contributed by atoms with Crippen LogP contribution < -0.4 is 0 Å². The second-order valence-electron chi connectivity index (χ2n) is 6.54. The highest BCUT2D eigenvalue weighted by Crippen LogP contribution is 2.43. The fraction of sp³-hybridized carbons (Fsp3) is 0.647. The summed E-state index contributed by atoms with van der Waals surface area (Å²) in [6.07, 6.45) is 3.48. The van der Waals surface area contributed by atoms with Gasteiger partial charge in [0, 0.05) is 38.4 Å². The molecule has 2 aliphatic heterocycles. The molecule has 0 amide bonds. The van der Waals surface area contributed by atoms with Crippen molar-refractivity contribution < 1.29 is 17.9 Å². The van der Waals surface area contributed by atoms with E-state index in [2.05, 4.69) is 0 Å². The van der Waals surface area contributed by atoms with Gasteiger partial charge in [-0.25, -0.2) is 8.42 Å². The number of hydrogen-bond acceptors (Lipinski definition) is 4. The van der Waals surface area contributed by atoms with Gasteiger partial charge in [-0.1, -0.05) is 17.7 Å². The molecule has 1 aromatic rings. The molecule has 0 aliphatic carbocycles. The summed E-state index contributed by atoms with van der Waals surface area (Å²) in [5, 5.41) is 0.434. The Labute approximate surface area is 148 Å². The van der Waals surface area contributed by atoms with Crippen molar-refractivity contribution in [2.75, 3.05) is 33.4 Å². The molecular weight excluding hydrogens is 350 g/mol. The van der Waals surface area contributed by atoms with Crippen LogP contribution in [0.1, 0.15) is 25.7 Å². The number of benzene rings is 1. The van der Waals surface area contributed by atoms with Gasteiger partial charge in [0.2, 0.25) is 10.0 Å². The smallest absolute Gasteiger partial charge is 0.243 e. The van der Waals surface area contributed by atoms with Gasteiger partial charge in [-0.05, 0) is 49.8 Å². The van der Waals surface area contributed by atoms with Gasteiger partial charge in [-0.15, -0.1) is 0 Å². The van der Waals surface area contributed by atoms with Gasteiger partial charge in [-0.2, -0.15) is 4.31 Å². The van der Waals surface area contributed by atoms with Crippen LogP contribution in [-0.4, -0.2) is 51.7 Å². The molecule has 3 rings (SSSR count). The molecule has 5 nitrogen and oxygen atoms in total. The summed E-state index contributed by atoms with van der Waals surface area (Å²) in [7, 11) is -1.79. The molecule has 2 saturated heterocycles. The van der Waals surface area contributed by atoms with Crippen LogP contribution in [0.4, 0.5) is 0 Å². The van der Waals surface area contributed by atoms with Crippen molar-refractivity contribution in [3.05, 3.63) is 29.3 Å². The van der Waals surface area contributed by atoms with Crippen LogP contribution in [0.3, 0.4) is 0 Å². The first-order valence-corrected chi connectivity index (χ1v) is 10.2. The van der Waals surface area contributed by atoms with E-state index in [-0.39, 0.29) is 10.5 Å². The number of sulfonamides is 1. The third kappa shape index (κ3) is 3.48. The normalized spacial score (nSPS) is 24.5. The average Bonchev–Trinajstić information content (AvgIpc) is 2.95. The second-order valence-corrected chi connectivity index (χ2v) is 8.92. The summed E-state index contributed by atoms with van der Waals surface area (Å²) < 4.78 is 38.4. The van der Waals surface area contributed by atoms with Crippen molar-refractivity contribution in [2.45, 2.75) is 36.2 Å². The van der Waals surface area contributed by atoms with E-state index in [4.69, 9.17) is 21.1 Å². The van der Waals surface area contributed by atoms with Gasteiger partial charge in [-0.3, -0.25) is 0 Å². The van der Waals surface area contributed by atoms with Gasteiger partial charge in [0.1, 0.15) is 0 Å². The maximum atomic E-state index is 12.8. The van der Waals surface area contributed by atoms with Crippen molar-refractivity contribution in [1.82, 2.24) is 4.31 Å². The SMILES string of the molecule is COCC[C@@H]1CCOC12CCN(S(=O)(=O)c1cccc(Cl)c1)CC2. The van der Waals surface area contributed by atoms with Crippen molar-refractivity contribution in [2.24, 2.45) is 5.92 Å². The van der Waals surface area contributed by atoms with Crippen molar-refractivity contribution in [3.63, 3.8) is 0 Å². The first kappa shape index (κ1) is 18.1. The van der Waals surface area contributed by atoms with Gasteiger partial charge in [0.15, 0.2) is 0 Å². The third-order valence-electron chi connectivity index (χ3n) is 5.27. The Morgan fingerprint density at radius 1 is 1.38 bits per heavy atom. The number of halogens is 1. The van der Waals surface area contributed by atoms with Crippen LogP contribution in [0.5, 0.6) is 0 Å². The van der Waals surface area contributed by atoms with E-state index in [1.165, 1.54) is 6.07 Å². The molecule has 134 valence electrons. The van der Waals surface area contributed by atoms with Crippen molar-refractivity contribution in [1.29, 1.82) is 0 Å². The van der Waals surface area contributed by atoms with E-state index >= 15 is 0 Å². The highest BCUT2D eigenvalue weighted by atomic mass is 35.5. The predicted molar refractivity (Wildman–Crippen MR) is 92.7 cm³/mol. The lowest BCUT2D eigenvalue weighted by Crippen LogP contribution is -2.49. The fourth-order valence-corrected chi connectivity index (χ4v) is 5.63. The molecule has 24 heavy (non-hydrogen) atoms. The number of rotatable bonds is 5. The lowest BCUT2D eigenvalue weighted by atomic mass is 9.78. The van der Waals surface area contributed by atoms with Gasteiger partial charge >= 0.3 is 0 Å². The lowest BCUT2D eigenvalue weighted by molar-refractivity contribution is -0.0603. The van der Waals surface area contributed by atoms with Crippen LogP contribution in [-0.2, 0) is 19.5 Å². The zero-order valence-electron chi connectivity index (χ0n) is 13.9. The molecule has 2 aliphatic rings.